The van der Waals surface area contributed by atoms with Gasteiger partial charge in [-0.1, -0.05) is 36.4 Å². The summed E-state index contributed by atoms with van der Waals surface area (Å²) in [6.07, 6.45) is 0. The van der Waals surface area contributed by atoms with Crippen LogP contribution in [0.1, 0.15) is 5.56 Å². The molecule has 0 aliphatic rings. The number of imidazole rings is 1. The van der Waals surface area contributed by atoms with Gasteiger partial charge in [-0.2, -0.15) is 0 Å². The Hall–Kier alpha value is -1.94. The molecule has 0 aliphatic heterocycles. The van der Waals surface area contributed by atoms with E-state index >= 15 is 0 Å². The molecule has 3 rings (SSSR count). The smallest absolute Gasteiger partial charge is 0.178 e. The van der Waals surface area contributed by atoms with Gasteiger partial charge in [0.15, 0.2) is 4.77 Å². The SMILES string of the molecule is Fc1cccc2c1[nH]c(=S)n2Cc1ccccc1. The predicted molar refractivity (Wildman–Crippen MR) is 72.6 cm³/mol. The molecule has 0 saturated heterocycles. The molecule has 18 heavy (non-hydrogen) atoms. The zero-order chi connectivity index (χ0) is 12.5. The number of para-hydroxylation sites is 1. The topological polar surface area (TPSA) is 20.7 Å². The lowest BCUT2D eigenvalue weighted by Gasteiger charge is -2.04. The second-order valence-corrected chi connectivity index (χ2v) is 4.52. The van der Waals surface area contributed by atoms with E-state index in [4.69, 9.17) is 12.2 Å². The minimum Gasteiger partial charge on any atom is -0.328 e. The number of nitrogens with one attached hydrogen (secondary N) is 1. The van der Waals surface area contributed by atoms with Crippen LogP contribution in [0.4, 0.5) is 4.39 Å². The largest absolute Gasteiger partial charge is 0.328 e. The highest BCUT2D eigenvalue weighted by Crippen LogP contribution is 2.18. The molecule has 0 unspecified atom stereocenters. The summed E-state index contributed by atoms with van der Waals surface area (Å²) in [5, 5.41) is 0. The quantitative estimate of drug-likeness (QED) is 0.692. The highest BCUT2D eigenvalue weighted by atomic mass is 32.1. The van der Waals surface area contributed by atoms with Crippen LogP contribution in [0.15, 0.2) is 48.5 Å². The first-order valence-corrected chi connectivity index (χ1v) is 6.07. The molecular weight excluding hydrogens is 247 g/mol. The summed E-state index contributed by atoms with van der Waals surface area (Å²) < 4.78 is 16.1. The van der Waals surface area contributed by atoms with E-state index in [1.165, 1.54) is 6.07 Å². The van der Waals surface area contributed by atoms with E-state index in [0.29, 0.717) is 16.8 Å². The molecule has 0 spiro atoms. The average molecular weight is 258 g/mol. The maximum absolute atomic E-state index is 13.6. The van der Waals surface area contributed by atoms with Gasteiger partial charge in [0.25, 0.3) is 0 Å². The van der Waals surface area contributed by atoms with Crippen molar-refractivity contribution < 1.29 is 4.39 Å². The van der Waals surface area contributed by atoms with Crippen LogP contribution in [-0.4, -0.2) is 9.55 Å². The molecule has 90 valence electrons. The van der Waals surface area contributed by atoms with Crippen molar-refractivity contribution in [3.8, 4) is 0 Å². The lowest BCUT2D eigenvalue weighted by molar-refractivity contribution is 0.637. The summed E-state index contributed by atoms with van der Waals surface area (Å²) in [6.45, 7) is 0.642. The van der Waals surface area contributed by atoms with Crippen molar-refractivity contribution in [1.82, 2.24) is 9.55 Å². The zero-order valence-corrected chi connectivity index (χ0v) is 10.4. The van der Waals surface area contributed by atoms with Crippen LogP contribution < -0.4 is 0 Å². The number of halogens is 1. The van der Waals surface area contributed by atoms with Crippen LogP contribution in [0, 0.1) is 10.6 Å². The minimum absolute atomic E-state index is 0.273. The molecule has 2 aromatic carbocycles. The number of fused-ring (bicyclic) bond motifs is 1. The summed E-state index contributed by atoms with van der Waals surface area (Å²) in [4.78, 5) is 2.92. The number of benzene rings is 2. The predicted octanol–water partition coefficient (Wildman–Crippen LogP) is 3.89. The summed E-state index contributed by atoms with van der Waals surface area (Å²) in [5.41, 5.74) is 2.40. The van der Waals surface area contributed by atoms with E-state index in [2.05, 4.69) is 4.98 Å². The van der Waals surface area contributed by atoms with Crippen LogP contribution >= 0.6 is 12.2 Å². The van der Waals surface area contributed by atoms with Gasteiger partial charge in [0, 0.05) is 0 Å². The lowest BCUT2D eigenvalue weighted by atomic mass is 10.2. The first-order valence-electron chi connectivity index (χ1n) is 5.66. The fourth-order valence-corrected chi connectivity index (χ4v) is 2.33. The number of H-pyrrole nitrogens is 1. The number of hydrogen-bond donors (Lipinski definition) is 1. The van der Waals surface area contributed by atoms with Crippen LogP contribution in [0.25, 0.3) is 11.0 Å². The van der Waals surface area contributed by atoms with Gasteiger partial charge >= 0.3 is 0 Å². The lowest BCUT2D eigenvalue weighted by Crippen LogP contribution is -1.99. The molecule has 0 amide bonds. The second kappa shape index (κ2) is 4.38. The van der Waals surface area contributed by atoms with Gasteiger partial charge in [0.05, 0.1) is 12.1 Å². The van der Waals surface area contributed by atoms with Gasteiger partial charge in [-0.3, -0.25) is 0 Å². The van der Waals surface area contributed by atoms with E-state index in [1.54, 1.807) is 6.07 Å². The molecule has 0 aliphatic carbocycles. The van der Waals surface area contributed by atoms with Crippen molar-refractivity contribution in [3.05, 3.63) is 64.7 Å². The highest BCUT2D eigenvalue weighted by Gasteiger charge is 2.08. The molecule has 2 nitrogen and oxygen atoms in total. The van der Waals surface area contributed by atoms with Crippen molar-refractivity contribution in [3.63, 3.8) is 0 Å². The second-order valence-electron chi connectivity index (χ2n) is 4.14. The third-order valence-corrected chi connectivity index (χ3v) is 3.27. The Balaban J connectivity index is 2.15. The Morgan fingerprint density at radius 3 is 2.61 bits per heavy atom. The monoisotopic (exact) mass is 258 g/mol. The average Bonchev–Trinajstić information content (AvgIpc) is 2.70. The molecule has 0 atom stereocenters. The molecule has 0 bridgehead atoms. The maximum Gasteiger partial charge on any atom is 0.178 e. The summed E-state index contributed by atoms with van der Waals surface area (Å²) in [7, 11) is 0. The summed E-state index contributed by atoms with van der Waals surface area (Å²) >= 11 is 5.25. The van der Waals surface area contributed by atoms with Gasteiger partial charge in [-0.15, -0.1) is 0 Å². The number of rotatable bonds is 2. The molecular formula is C14H11FN2S. The first-order chi connectivity index (χ1) is 8.75. The molecule has 0 fully saturated rings. The van der Waals surface area contributed by atoms with E-state index in [-0.39, 0.29) is 5.82 Å². The normalized spacial score (nSPS) is 10.9. The Bertz CT molecular complexity index is 743. The van der Waals surface area contributed by atoms with Gasteiger partial charge in [0.1, 0.15) is 11.3 Å². The van der Waals surface area contributed by atoms with E-state index < -0.39 is 0 Å². The Labute approximate surface area is 109 Å². The first kappa shape index (κ1) is 11.2. The van der Waals surface area contributed by atoms with E-state index in [0.717, 1.165) is 11.1 Å². The Morgan fingerprint density at radius 2 is 1.83 bits per heavy atom. The van der Waals surface area contributed by atoms with Crippen molar-refractivity contribution >= 4 is 23.3 Å². The third kappa shape index (κ3) is 1.84. The molecule has 1 heterocycles. The van der Waals surface area contributed by atoms with Crippen molar-refractivity contribution in [1.29, 1.82) is 0 Å². The fraction of sp³-hybridized carbons (Fsp3) is 0.0714. The molecule has 3 aromatic rings. The Kier molecular flexibility index (Phi) is 2.72. The van der Waals surface area contributed by atoms with Crippen LogP contribution in [-0.2, 0) is 6.54 Å². The molecule has 1 N–H and O–H groups in total. The van der Waals surface area contributed by atoms with Crippen molar-refractivity contribution in [2.45, 2.75) is 6.54 Å². The molecule has 0 saturated carbocycles. The Morgan fingerprint density at radius 1 is 1.06 bits per heavy atom. The number of nitrogens with zero attached hydrogens (tertiary/aromatic N) is 1. The maximum atomic E-state index is 13.6. The zero-order valence-electron chi connectivity index (χ0n) is 9.56. The van der Waals surface area contributed by atoms with E-state index in [1.807, 2.05) is 41.0 Å². The molecule has 1 aromatic heterocycles. The van der Waals surface area contributed by atoms with Gasteiger partial charge in [0.2, 0.25) is 0 Å². The van der Waals surface area contributed by atoms with Crippen molar-refractivity contribution in [2.75, 3.05) is 0 Å². The van der Waals surface area contributed by atoms with E-state index in [9.17, 15) is 4.39 Å². The number of aromatic amines is 1. The highest BCUT2D eigenvalue weighted by molar-refractivity contribution is 7.71. The van der Waals surface area contributed by atoms with Gasteiger partial charge < -0.3 is 9.55 Å². The summed E-state index contributed by atoms with van der Waals surface area (Å²) in [6, 6.07) is 15.0. The van der Waals surface area contributed by atoms with Gasteiger partial charge in [-0.05, 0) is 29.9 Å². The summed E-state index contributed by atoms with van der Waals surface area (Å²) in [5.74, 6) is -0.273. The third-order valence-electron chi connectivity index (χ3n) is 2.94. The van der Waals surface area contributed by atoms with Crippen LogP contribution in [0.2, 0.25) is 0 Å². The molecule has 0 radical (unpaired) electrons. The number of hydrogen-bond acceptors (Lipinski definition) is 1. The minimum atomic E-state index is -0.273. The standard InChI is InChI=1S/C14H11FN2S/c15-11-7-4-8-12-13(11)16-14(18)17(12)9-10-5-2-1-3-6-10/h1-8H,9H2,(H,16,18). The fourth-order valence-electron chi connectivity index (χ4n) is 2.07. The number of aromatic nitrogens is 2. The van der Waals surface area contributed by atoms with Gasteiger partial charge in [-0.25, -0.2) is 4.39 Å². The molecule has 4 heteroatoms. The van der Waals surface area contributed by atoms with Crippen LogP contribution in [0.5, 0.6) is 0 Å². The van der Waals surface area contributed by atoms with Crippen molar-refractivity contribution in [2.24, 2.45) is 0 Å². The van der Waals surface area contributed by atoms with Crippen LogP contribution in [0.3, 0.4) is 0 Å².